The number of hydrogen-bond donors (Lipinski definition) is 3. The Morgan fingerprint density at radius 1 is 1.11 bits per heavy atom. The molecule has 1 aliphatic rings. The Labute approximate surface area is 320 Å². The van der Waals surface area contributed by atoms with Crippen molar-refractivity contribution in [1.82, 2.24) is 29.6 Å². The van der Waals surface area contributed by atoms with Gasteiger partial charge in [0.25, 0.3) is 0 Å². The number of urea groups is 1. The topological polar surface area (TPSA) is 182 Å². The summed E-state index contributed by atoms with van der Waals surface area (Å²) in [4.78, 5) is 36.2. The van der Waals surface area contributed by atoms with Crippen LogP contribution in [0.5, 0.6) is 0 Å². The van der Waals surface area contributed by atoms with E-state index in [-0.39, 0.29) is 42.9 Å². The van der Waals surface area contributed by atoms with Crippen molar-refractivity contribution in [2.24, 2.45) is 16.5 Å². The Kier molecular flexibility index (Phi) is 12.9. The van der Waals surface area contributed by atoms with Gasteiger partial charge in [-0.2, -0.15) is 4.31 Å². The monoisotopic (exact) mass is 779 g/mol. The number of thiazole rings is 1. The summed E-state index contributed by atoms with van der Waals surface area (Å²) >= 11 is 1.41. The number of aliphatic hydroxyl groups is 1. The van der Waals surface area contributed by atoms with Crippen molar-refractivity contribution in [1.29, 1.82) is 0 Å². The predicted molar refractivity (Wildman–Crippen MR) is 206 cm³/mol. The number of rotatable bonds is 16. The molecule has 3 amide bonds. The van der Waals surface area contributed by atoms with E-state index < -0.39 is 39.5 Å². The average Bonchev–Trinajstić information content (AvgIpc) is 3.85. The normalized spacial score (nSPS) is 15.8. The lowest BCUT2D eigenvalue weighted by atomic mass is 9.84. The second kappa shape index (κ2) is 17.2. The molecule has 1 aliphatic heterocycles. The number of aliphatic hydroxyl groups excluding tert-OH is 1. The summed E-state index contributed by atoms with van der Waals surface area (Å²) in [5, 5.41) is 33.3. The highest BCUT2D eigenvalue weighted by Crippen LogP contribution is 2.30. The zero-order chi connectivity index (χ0) is 39.2. The first-order valence-electron chi connectivity index (χ1n) is 17.8. The molecule has 16 heteroatoms. The van der Waals surface area contributed by atoms with Gasteiger partial charge in [-0.15, -0.1) is 11.3 Å². The van der Waals surface area contributed by atoms with Gasteiger partial charge in [-0.25, -0.2) is 18.2 Å². The van der Waals surface area contributed by atoms with E-state index >= 15 is 0 Å². The maximum absolute atomic E-state index is 14.4. The number of carbonyl (C=O) groups excluding carboxylic acids is 2. The van der Waals surface area contributed by atoms with Gasteiger partial charge in [0.15, 0.2) is 0 Å². The second-order valence-electron chi connectivity index (χ2n) is 15.0. The molecule has 0 aliphatic carbocycles. The first kappa shape index (κ1) is 40.5. The van der Waals surface area contributed by atoms with Gasteiger partial charge in [0.1, 0.15) is 22.5 Å². The number of carbonyl (C=O) groups is 2. The van der Waals surface area contributed by atoms with Gasteiger partial charge in [-0.3, -0.25) is 4.79 Å². The molecule has 14 nitrogen and oxygen atoms in total. The molecule has 2 aromatic heterocycles. The SMILES string of the molecule is Cc1cc(-c2nc(CN3CCN([C@H](C(=O)N[C@@H](Cc4ccccc4)[C@H](O)CN(CC(C)C)S(=O)(=O)c4ccc(C=NO)cc4)C(C)(C)C)C3=O)cs2)no1. The number of benzene rings is 2. The first-order chi connectivity index (χ1) is 25.6. The van der Waals surface area contributed by atoms with Crippen molar-refractivity contribution in [3.63, 3.8) is 0 Å². The third-order valence-electron chi connectivity index (χ3n) is 9.03. The molecule has 2 aromatic carbocycles. The van der Waals surface area contributed by atoms with Crippen LogP contribution >= 0.6 is 11.3 Å². The molecule has 0 saturated carbocycles. The molecule has 4 aromatic rings. The highest BCUT2D eigenvalue weighted by atomic mass is 32.2. The molecule has 54 heavy (non-hydrogen) atoms. The van der Waals surface area contributed by atoms with Gasteiger partial charge in [-0.1, -0.05) is 87.4 Å². The molecule has 1 fully saturated rings. The van der Waals surface area contributed by atoms with Crippen molar-refractivity contribution in [3.05, 3.63) is 88.6 Å². The van der Waals surface area contributed by atoms with E-state index in [1.54, 1.807) is 22.8 Å². The standard InChI is InChI=1S/C38H49N7O7S2/c1-25(2)21-44(54(50,51)30-14-12-28(13-15-30)20-39-49)23-33(46)31(19-27-10-8-7-9-11-27)41-35(47)34(38(4,5)6)45-17-16-43(37(45)48)22-29-24-53-36(40-29)32-18-26(3)52-42-32/h7-15,18,20,24-25,31,33-34,46,49H,16-17,19,21-23H2,1-6H3,(H,41,47)/t31-,33+,34+/m0/s1. The molecule has 0 radical (unpaired) electrons. The minimum Gasteiger partial charge on any atom is -0.411 e. The summed E-state index contributed by atoms with van der Waals surface area (Å²) in [7, 11) is -4.08. The summed E-state index contributed by atoms with van der Waals surface area (Å²) < 4.78 is 34.3. The quantitative estimate of drug-likeness (QED) is 0.0801. The highest BCUT2D eigenvalue weighted by molar-refractivity contribution is 7.89. The zero-order valence-electron chi connectivity index (χ0n) is 31.4. The molecule has 3 N–H and O–H groups in total. The molecule has 0 bridgehead atoms. The Bertz CT molecular complexity index is 2010. The van der Waals surface area contributed by atoms with Crippen LogP contribution in [0.15, 0.2) is 80.6 Å². The molecule has 3 heterocycles. The number of hydrogen-bond acceptors (Lipinski definition) is 11. The van der Waals surface area contributed by atoms with Crippen LogP contribution in [-0.4, -0.2) is 105 Å². The lowest BCUT2D eigenvalue weighted by molar-refractivity contribution is -0.130. The van der Waals surface area contributed by atoms with E-state index in [9.17, 15) is 23.1 Å². The smallest absolute Gasteiger partial charge is 0.321 e. The summed E-state index contributed by atoms with van der Waals surface area (Å²) in [6, 6.07) is 14.9. The number of sulfonamides is 1. The van der Waals surface area contributed by atoms with E-state index in [4.69, 9.17) is 9.73 Å². The van der Waals surface area contributed by atoms with Gasteiger partial charge in [-0.05, 0) is 47.9 Å². The molecule has 5 rings (SSSR count). The van der Waals surface area contributed by atoms with E-state index in [0.29, 0.717) is 40.8 Å². The van der Waals surface area contributed by atoms with Crippen LogP contribution < -0.4 is 5.32 Å². The van der Waals surface area contributed by atoms with Gasteiger partial charge in [0, 0.05) is 37.6 Å². The highest BCUT2D eigenvalue weighted by Gasteiger charge is 2.44. The van der Waals surface area contributed by atoms with Crippen molar-refractivity contribution >= 4 is 39.5 Å². The molecule has 290 valence electrons. The summed E-state index contributed by atoms with van der Waals surface area (Å²) in [5.74, 6) is 0.147. The van der Waals surface area contributed by atoms with Crippen LogP contribution in [-0.2, 0) is 27.8 Å². The number of nitrogens with one attached hydrogen (secondary N) is 1. The summed E-state index contributed by atoms with van der Waals surface area (Å²) in [5.41, 5.74) is 1.98. The van der Waals surface area contributed by atoms with E-state index in [1.165, 1.54) is 46.1 Å². The van der Waals surface area contributed by atoms with Crippen molar-refractivity contribution < 1.29 is 32.8 Å². The fourth-order valence-corrected chi connectivity index (χ4v) is 8.90. The number of aromatic nitrogens is 2. The third-order valence-corrected chi connectivity index (χ3v) is 11.8. The summed E-state index contributed by atoms with van der Waals surface area (Å²) in [6.07, 6.45) is 0.0912. The Morgan fingerprint density at radius 2 is 1.81 bits per heavy atom. The molecule has 0 spiro atoms. The van der Waals surface area contributed by atoms with Crippen LogP contribution in [0.2, 0.25) is 0 Å². The number of aryl methyl sites for hydroxylation is 1. The molecular weight excluding hydrogens is 731 g/mol. The van der Waals surface area contributed by atoms with E-state index in [2.05, 4.69) is 20.6 Å². The van der Waals surface area contributed by atoms with Crippen molar-refractivity contribution in [2.45, 2.75) is 77.6 Å². The second-order valence-corrected chi connectivity index (χ2v) is 17.8. The van der Waals surface area contributed by atoms with Gasteiger partial charge < -0.3 is 30.0 Å². The minimum absolute atomic E-state index is 0.0149. The first-order valence-corrected chi connectivity index (χ1v) is 20.1. The maximum Gasteiger partial charge on any atom is 0.321 e. The lowest BCUT2D eigenvalue weighted by Crippen LogP contribution is -2.59. The van der Waals surface area contributed by atoms with Crippen LogP contribution in [0.3, 0.4) is 0 Å². The fraction of sp³-hybridized carbons (Fsp3) is 0.447. The predicted octanol–water partition coefficient (Wildman–Crippen LogP) is 5.00. The molecule has 1 saturated heterocycles. The number of oxime groups is 1. The largest absolute Gasteiger partial charge is 0.411 e. The van der Waals surface area contributed by atoms with Crippen LogP contribution in [0.25, 0.3) is 10.7 Å². The molecule has 3 atom stereocenters. The van der Waals surface area contributed by atoms with Crippen LogP contribution in [0.1, 0.15) is 57.2 Å². The van der Waals surface area contributed by atoms with Gasteiger partial charge in [0.2, 0.25) is 15.9 Å². The fourth-order valence-electron chi connectivity index (χ4n) is 6.52. The number of amides is 3. The van der Waals surface area contributed by atoms with Crippen molar-refractivity contribution in [2.75, 3.05) is 26.2 Å². The van der Waals surface area contributed by atoms with Gasteiger partial charge in [0.05, 0.1) is 35.5 Å². The maximum atomic E-state index is 14.4. The van der Waals surface area contributed by atoms with E-state index in [1.807, 2.05) is 70.3 Å². The molecular formula is C38H49N7O7S2. The summed E-state index contributed by atoms with van der Waals surface area (Å²) in [6.45, 7) is 12.0. The Morgan fingerprint density at radius 3 is 2.43 bits per heavy atom. The lowest BCUT2D eigenvalue weighted by Gasteiger charge is -2.38. The van der Waals surface area contributed by atoms with Gasteiger partial charge >= 0.3 is 6.03 Å². The molecule has 0 unspecified atom stereocenters. The minimum atomic E-state index is -4.08. The average molecular weight is 780 g/mol. The number of nitrogens with zero attached hydrogens (tertiary/aromatic N) is 6. The Balaban J connectivity index is 1.36. The third kappa shape index (κ3) is 9.91. The van der Waals surface area contributed by atoms with Crippen LogP contribution in [0.4, 0.5) is 4.79 Å². The Hall–Kier alpha value is -4.64. The van der Waals surface area contributed by atoms with E-state index in [0.717, 1.165) is 5.56 Å². The zero-order valence-corrected chi connectivity index (χ0v) is 33.0. The van der Waals surface area contributed by atoms with Crippen LogP contribution in [0, 0.1) is 18.3 Å². The van der Waals surface area contributed by atoms with Crippen molar-refractivity contribution in [3.8, 4) is 10.7 Å².